The molecule has 0 aromatic carbocycles. The van der Waals surface area contributed by atoms with Gasteiger partial charge in [0.05, 0.1) is 10.8 Å². The third-order valence-electron chi connectivity index (χ3n) is 4.73. The number of carboxylic acids is 1. The lowest BCUT2D eigenvalue weighted by Crippen LogP contribution is -2.60. The number of carbonyl (C=O) groups excluding carboxylic acids is 1. The zero-order valence-electron chi connectivity index (χ0n) is 12.5. The van der Waals surface area contributed by atoms with Crippen LogP contribution in [0.4, 0.5) is 0 Å². The van der Waals surface area contributed by atoms with Gasteiger partial charge in [0.15, 0.2) is 0 Å². The fourth-order valence-electron chi connectivity index (χ4n) is 2.32. The minimum atomic E-state index is -0.917. The average molecular weight is 300 g/mol. The van der Waals surface area contributed by atoms with Crippen molar-refractivity contribution in [1.29, 1.82) is 0 Å². The van der Waals surface area contributed by atoms with Crippen molar-refractivity contribution in [3.05, 3.63) is 0 Å². The van der Waals surface area contributed by atoms with Crippen LogP contribution in [0.3, 0.4) is 0 Å². The van der Waals surface area contributed by atoms with Gasteiger partial charge in [-0.25, -0.2) is 4.79 Å². The topological polar surface area (TPSA) is 83.6 Å². The van der Waals surface area contributed by atoms with Crippen LogP contribution in [0.1, 0.15) is 40.5 Å². The third kappa shape index (κ3) is 2.55. The Morgan fingerprint density at radius 3 is 2.20 bits per heavy atom. The van der Waals surface area contributed by atoms with E-state index in [4.69, 9.17) is 5.73 Å². The standard InChI is InChI=1S/C14H24N2O3S/c1-13(2,14(3,4)15)12(19)16-9(11(17)18)7-20-10(16)8-5-6-8/h8-10H,5-7,15H2,1-4H3,(H,17,18). The number of amides is 1. The van der Waals surface area contributed by atoms with Gasteiger partial charge in [0.1, 0.15) is 6.04 Å². The SMILES string of the molecule is CC(C)(N)C(C)(C)C(=O)N1C(C(=O)O)CSC1C1CC1. The minimum absolute atomic E-state index is 0.00484. The maximum absolute atomic E-state index is 12.9. The Morgan fingerprint density at radius 2 is 1.80 bits per heavy atom. The van der Waals surface area contributed by atoms with Crippen molar-refractivity contribution in [1.82, 2.24) is 4.90 Å². The van der Waals surface area contributed by atoms with Gasteiger partial charge in [-0.05, 0) is 46.5 Å². The number of hydrogen-bond donors (Lipinski definition) is 2. The number of nitrogens with zero attached hydrogens (tertiary/aromatic N) is 1. The zero-order chi connectivity index (χ0) is 15.3. The molecular weight excluding hydrogens is 276 g/mol. The molecule has 0 radical (unpaired) electrons. The summed E-state index contributed by atoms with van der Waals surface area (Å²) in [6.45, 7) is 7.24. The maximum Gasteiger partial charge on any atom is 0.327 e. The minimum Gasteiger partial charge on any atom is -0.480 e. The third-order valence-corrected chi connectivity index (χ3v) is 6.19. The van der Waals surface area contributed by atoms with Crippen molar-refractivity contribution in [3.63, 3.8) is 0 Å². The Balaban J connectivity index is 2.30. The Hall–Kier alpha value is -0.750. The molecule has 2 unspecified atom stereocenters. The molecule has 2 fully saturated rings. The number of carboxylic acid groups (broad SMARTS) is 1. The highest BCUT2D eigenvalue weighted by Crippen LogP contribution is 2.47. The lowest BCUT2D eigenvalue weighted by molar-refractivity contribution is -0.155. The summed E-state index contributed by atoms with van der Waals surface area (Å²) in [5.74, 6) is -0.132. The molecule has 0 aromatic rings. The largest absolute Gasteiger partial charge is 0.480 e. The van der Waals surface area contributed by atoms with E-state index in [0.29, 0.717) is 11.7 Å². The summed E-state index contributed by atoms with van der Waals surface area (Å²) in [5, 5.41) is 9.39. The molecular formula is C14H24N2O3S. The maximum atomic E-state index is 12.9. The van der Waals surface area contributed by atoms with Crippen LogP contribution in [-0.4, -0.2) is 44.6 Å². The molecule has 0 spiro atoms. The molecule has 1 amide bonds. The summed E-state index contributed by atoms with van der Waals surface area (Å²) in [6.07, 6.45) is 2.17. The number of rotatable bonds is 4. The first-order valence-electron chi connectivity index (χ1n) is 7.03. The van der Waals surface area contributed by atoms with Crippen molar-refractivity contribution in [3.8, 4) is 0 Å². The fraction of sp³-hybridized carbons (Fsp3) is 0.857. The van der Waals surface area contributed by atoms with Crippen LogP contribution < -0.4 is 5.73 Å². The average Bonchev–Trinajstić information content (AvgIpc) is 3.05. The van der Waals surface area contributed by atoms with Gasteiger partial charge in [-0.1, -0.05) is 0 Å². The highest BCUT2D eigenvalue weighted by Gasteiger charge is 2.53. The van der Waals surface area contributed by atoms with Gasteiger partial charge in [0, 0.05) is 11.3 Å². The van der Waals surface area contributed by atoms with Gasteiger partial charge in [-0.2, -0.15) is 0 Å². The van der Waals surface area contributed by atoms with Gasteiger partial charge in [-0.15, -0.1) is 11.8 Å². The van der Waals surface area contributed by atoms with E-state index in [9.17, 15) is 14.7 Å². The summed E-state index contributed by atoms with van der Waals surface area (Å²) in [7, 11) is 0. The molecule has 20 heavy (non-hydrogen) atoms. The molecule has 1 saturated carbocycles. The number of aliphatic carboxylic acids is 1. The molecule has 0 aromatic heterocycles. The molecule has 1 heterocycles. The van der Waals surface area contributed by atoms with Gasteiger partial charge >= 0.3 is 5.97 Å². The van der Waals surface area contributed by atoms with Crippen molar-refractivity contribution in [2.75, 3.05) is 5.75 Å². The predicted octanol–water partition coefficient (Wildman–Crippen LogP) is 1.51. The second-order valence-electron chi connectivity index (χ2n) is 6.97. The van der Waals surface area contributed by atoms with Crippen molar-refractivity contribution < 1.29 is 14.7 Å². The number of nitrogens with two attached hydrogens (primary N) is 1. The van der Waals surface area contributed by atoms with Crippen LogP contribution in [0.25, 0.3) is 0 Å². The van der Waals surface area contributed by atoms with Crippen molar-refractivity contribution in [2.24, 2.45) is 17.1 Å². The smallest absolute Gasteiger partial charge is 0.327 e. The second-order valence-corrected chi connectivity index (χ2v) is 8.12. The van der Waals surface area contributed by atoms with Crippen LogP contribution >= 0.6 is 11.8 Å². The number of carbonyl (C=O) groups is 2. The van der Waals surface area contributed by atoms with Gasteiger partial charge in [0.25, 0.3) is 0 Å². The number of hydrogen-bond acceptors (Lipinski definition) is 4. The molecule has 6 heteroatoms. The molecule has 2 atom stereocenters. The predicted molar refractivity (Wildman–Crippen MR) is 79.3 cm³/mol. The zero-order valence-corrected chi connectivity index (χ0v) is 13.4. The quantitative estimate of drug-likeness (QED) is 0.822. The summed E-state index contributed by atoms with van der Waals surface area (Å²) in [6, 6.07) is -0.722. The highest BCUT2D eigenvalue weighted by molar-refractivity contribution is 8.00. The molecule has 5 nitrogen and oxygen atoms in total. The molecule has 3 N–H and O–H groups in total. The molecule has 114 valence electrons. The van der Waals surface area contributed by atoms with Gasteiger partial charge in [-0.3, -0.25) is 4.79 Å². The Kier molecular flexibility index (Phi) is 3.84. The van der Waals surface area contributed by atoms with Crippen LogP contribution in [0, 0.1) is 11.3 Å². The van der Waals surface area contributed by atoms with Crippen molar-refractivity contribution in [2.45, 2.75) is 57.5 Å². The lowest BCUT2D eigenvalue weighted by atomic mass is 9.74. The van der Waals surface area contributed by atoms with E-state index in [1.54, 1.807) is 30.5 Å². The van der Waals surface area contributed by atoms with E-state index >= 15 is 0 Å². The van der Waals surface area contributed by atoms with E-state index in [1.807, 2.05) is 13.8 Å². The summed E-state index contributed by atoms with van der Waals surface area (Å²) in [5.41, 5.74) is 4.65. The van der Waals surface area contributed by atoms with E-state index in [0.717, 1.165) is 12.8 Å². The van der Waals surface area contributed by atoms with E-state index < -0.39 is 23.0 Å². The molecule has 1 aliphatic carbocycles. The van der Waals surface area contributed by atoms with Gasteiger partial charge in [0.2, 0.25) is 5.91 Å². The first kappa shape index (κ1) is 15.6. The summed E-state index contributed by atoms with van der Waals surface area (Å²) >= 11 is 1.60. The van der Waals surface area contributed by atoms with E-state index in [1.165, 1.54) is 0 Å². The number of thioether (sulfide) groups is 1. The monoisotopic (exact) mass is 300 g/mol. The highest BCUT2D eigenvalue weighted by atomic mass is 32.2. The lowest BCUT2D eigenvalue weighted by Gasteiger charge is -2.42. The van der Waals surface area contributed by atoms with Crippen LogP contribution in [0.15, 0.2) is 0 Å². The Morgan fingerprint density at radius 1 is 1.25 bits per heavy atom. The first-order valence-corrected chi connectivity index (χ1v) is 8.08. The Bertz CT molecular complexity index is 427. The molecule has 1 saturated heterocycles. The first-order chi connectivity index (χ1) is 9.07. The van der Waals surface area contributed by atoms with Crippen LogP contribution in [-0.2, 0) is 9.59 Å². The van der Waals surface area contributed by atoms with E-state index in [2.05, 4.69) is 0 Å². The van der Waals surface area contributed by atoms with Crippen LogP contribution in [0.2, 0.25) is 0 Å². The van der Waals surface area contributed by atoms with Crippen LogP contribution in [0.5, 0.6) is 0 Å². The summed E-state index contributed by atoms with van der Waals surface area (Å²) in [4.78, 5) is 26.0. The molecule has 0 bridgehead atoms. The van der Waals surface area contributed by atoms with Gasteiger partial charge < -0.3 is 15.7 Å². The second kappa shape index (κ2) is 4.91. The van der Waals surface area contributed by atoms with Crippen molar-refractivity contribution >= 4 is 23.6 Å². The van der Waals surface area contributed by atoms with E-state index in [-0.39, 0.29) is 11.3 Å². The molecule has 1 aliphatic heterocycles. The normalized spacial score (nSPS) is 27.8. The fourth-order valence-corrected chi connectivity index (χ4v) is 3.95. The molecule has 2 aliphatic rings. The summed E-state index contributed by atoms with van der Waals surface area (Å²) < 4.78 is 0. The molecule has 2 rings (SSSR count). The Labute approximate surface area is 124 Å².